The highest BCUT2D eigenvalue weighted by Gasteiger charge is 2.06. The van der Waals surface area contributed by atoms with Gasteiger partial charge in [-0.05, 0) is 37.6 Å². The lowest BCUT2D eigenvalue weighted by molar-refractivity contribution is 0.628. The van der Waals surface area contributed by atoms with Crippen molar-refractivity contribution in [2.24, 2.45) is 0 Å². The summed E-state index contributed by atoms with van der Waals surface area (Å²) in [6.07, 6.45) is 0.842. The molecule has 0 spiro atoms. The summed E-state index contributed by atoms with van der Waals surface area (Å²) in [6.45, 7) is 4.88. The van der Waals surface area contributed by atoms with Gasteiger partial charge in [-0.15, -0.1) is 0 Å². The third-order valence-corrected chi connectivity index (χ3v) is 2.60. The SMILES string of the molecule is CCNc1cc(CC)nc(-c2ccc(F)cc2)n1. The van der Waals surface area contributed by atoms with Crippen molar-refractivity contribution in [3.05, 3.63) is 41.8 Å². The summed E-state index contributed by atoms with van der Waals surface area (Å²) < 4.78 is 12.9. The molecule has 0 radical (unpaired) electrons. The molecule has 2 rings (SSSR count). The minimum absolute atomic E-state index is 0.252. The normalized spacial score (nSPS) is 10.4. The Balaban J connectivity index is 2.42. The van der Waals surface area contributed by atoms with Gasteiger partial charge in [0.2, 0.25) is 0 Å². The van der Waals surface area contributed by atoms with Crippen molar-refractivity contribution in [3.63, 3.8) is 0 Å². The quantitative estimate of drug-likeness (QED) is 0.898. The van der Waals surface area contributed by atoms with Gasteiger partial charge < -0.3 is 5.32 Å². The molecular formula is C14H16FN3. The van der Waals surface area contributed by atoms with Gasteiger partial charge >= 0.3 is 0 Å². The lowest BCUT2D eigenvalue weighted by Crippen LogP contribution is -2.03. The van der Waals surface area contributed by atoms with Gasteiger partial charge in [-0.25, -0.2) is 14.4 Å². The first-order valence-corrected chi connectivity index (χ1v) is 6.10. The van der Waals surface area contributed by atoms with E-state index in [1.54, 1.807) is 12.1 Å². The van der Waals surface area contributed by atoms with Gasteiger partial charge in [0.15, 0.2) is 5.82 Å². The predicted octanol–water partition coefficient (Wildman–Crippen LogP) is 3.28. The molecule has 0 fully saturated rings. The number of benzene rings is 1. The lowest BCUT2D eigenvalue weighted by Gasteiger charge is -2.08. The molecule has 0 atom stereocenters. The fourth-order valence-electron chi connectivity index (χ4n) is 1.68. The van der Waals surface area contributed by atoms with Gasteiger partial charge in [0.1, 0.15) is 11.6 Å². The van der Waals surface area contributed by atoms with Gasteiger partial charge in [-0.2, -0.15) is 0 Å². The van der Waals surface area contributed by atoms with E-state index in [-0.39, 0.29) is 5.82 Å². The molecule has 0 amide bonds. The largest absolute Gasteiger partial charge is 0.370 e. The van der Waals surface area contributed by atoms with E-state index in [1.165, 1.54) is 12.1 Å². The number of hydrogen-bond donors (Lipinski definition) is 1. The average molecular weight is 245 g/mol. The molecule has 1 heterocycles. The number of anilines is 1. The molecule has 0 saturated carbocycles. The maximum atomic E-state index is 12.9. The summed E-state index contributed by atoms with van der Waals surface area (Å²) >= 11 is 0. The average Bonchev–Trinajstić information content (AvgIpc) is 2.39. The highest BCUT2D eigenvalue weighted by atomic mass is 19.1. The first-order valence-electron chi connectivity index (χ1n) is 6.10. The molecule has 3 nitrogen and oxygen atoms in total. The van der Waals surface area contributed by atoms with Gasteiger partial charge in [0, 0.05) is 23.9 Å². The van der Waals surface area contributed by atoms with Crippen LogP contribution in [0.4, 0.5) is 10.2 Å². The molecule has 0 unspecified atom stereocenters. The zero-order valence-electron chi connectivity index (χ0n) is 10.6. The topological polar surface area (TPSA) is 37.8 Å². The van der Waals surface area contributed by atoms with Crippen molar-refractivity contribution < 1.29 is 4.39 Å². The van der Waals surface area contributed by atoms with E-state index in [4.69, 9.17) is 0 Å². The van der Waals surface area contributed by atoms with Gasteiger partial charge in [0.05, 0.1) is 0 Å². The molecule has 94 valence electrons. The molecule has 0 aliphatic heterocycles. The van der Waals surface area contributed by atoms with Crippen molar-refractivity contribution in [2.45, 2.75) is 20.3 Å². The Hall–Kier alpha value is -1.97. The van der Waals surface area contributed by atoms with Gasteiger partial charge in [-0.1, -0.05) is 6.92 Å². The van der Waals surface area contributed by atoms with E-state index >= 15 is 0 Å². The highest BCUT2D eigenvalue weighted by molar-refractivity contribution is 5.57. The van der Waals surface area contributed by atoms with Crippen molar-refractivity contribution in [3.8, 4) is 11.4 Å². The Labute approximate surface area is 106 Å². The number of nitrogens with zero attached hydrogens (tertiary/aromatic N) is 2. The molecule has 0 aliphatic carbocycles. The van der Waals surface area contributed by atoms with Crippen LogP contribution >= 0.6 is 0 Å². The molecule has 0 bridgehead atoms. The van der Waals surface area contributed by atoms with Crippen molar-refractivity contribution >= 4 is 5.82 Å². The second-order valence-corrected chi connectivity index (χ2v) is 3.96. The van der Waals surface area contributed by atoms with E-state index in [0.29, 0.717) is 5.82 Å². The summed E-state index contributed by atoms with van der Waals surface area (Å²) in [4.78, 5) is 8.89. The van der Waals surface area contributed by atoms with E-state index in [0.717, 1.165) is 30.0 Å². The number of nitrogens with one attached hydrogen (secondary N) is 1. The Morgan fingerprint density at radius 3 is 2.44 bits per heavy atom. The molecule has 2 aromatic rings. The Morgan fingerprint density at radius 1 is 1.11 bits per heavy atom. The number of halogens is 1. The summed E-state index contributed by atoms with van der Waals surface area (Å²) in [7, 11) is 0. The summed E-state index contributed by atoms with van der Waals surface area (Å²) in [5.74, 6) is 1.19. The number of rotatable bonds is 4. The second kappa shape index (κ2) is 5.58. The van der Waals surface area contributed by atoms with E-state index in [2.05, 4.69) is 15.3 Å². The van der Waals surface area contributed by atoms with Crippen LogP contribution in [-0.4, -0.2) is 16.5 Å². The first kappa shape index (κ1) is 12.5. The van der Waals surface area contributed by atoms with Crippen LogP contribution in [0.25, 0.3) is 11.4 Å². The minimum atomic E-state index is -0.252. The van der Waals surface area contributed by atoms with Crippen LogP contribution in [0.1, 0.15) is 19.5 Å². The molecule has 1 N–H and O–H groups in total. The molecule has 4 heteroatoms. The molecule has 1 aromatic carbocycles. The Kier molecular flexibility index (Phi) is 3.87. The van der Waals surface area contributed by atoms with Gasteiger partial charge in [-0.3, -0.25) is 0 Å². The third-order valence-electron chi connectivity index (χ3n) is 2.60. The van der Waals surface area contributed by atoms with Crippen LogP contribution in [0.15, 0.2) is 30.3 Å². The Bertz CT molecular complexity index is 523. The summed E-state index contributed by atoms with van der Waals surface area (Å²) in [6, 6.07) is 8.17. The van der Waals surface area contributed by atoms with Crippen LogP contribution in [0, 0.1) is 5.82 Å². The fraction of sp³-hybridized carbons (Fsp3) is 0.286. The summed E-state index contributed by atoms with van der Waals surface area (Å²) in [5, 5.41) is 3.18. The van der Waals surface area contributed by atoms with Gasteiger partial charge in [0.25, 0.3) is 0 Å². The maximum Gasteiger partial charge on any atom is 0.161 e. The Morgan fingerprint density at radius 2 is 1.83 bits per heavy atom. The smallest absolute Gasteiger partial charge is 0.161 e. The van der Waals surface area contributed by atoms with E-state index < -0.39 is 0 Å². The van der Waals surface area contributed by atoms with Crippen LogP contribution in [-0.2, 0) is 6.42 Å². The van der Waals surface area contributed by atoms with Crippen LogP contribution in [0.3, 0.4) is 0 Å². The van der Waals surface area contributed by atoms with E-state index in [1.807, 2.05) is 19.9 Å². The highest BCUT2D eigenvalue weighted by Crippen LogP contribution is 2.18. The number of hydrogen-bond acceptors (Lipinski definition) is 3. The van der Waals surface area contributed by atoms with Crippen LogP contribution < -0.4 is 5.32 Å². The lowest BCUT2D eigenvalue weighted by atomic mass is 10.2. The number of aromatic nitrogens is 2. The standard InChI is InChI=1S/C14H16FN3/c1-3-12-9-13(16-4-2)18-14(17-12)10-5-7-11(15)8-6-10/h5-9H,3-4H2,1-2H3,(H,16,17,18). The summed E-state index contributed by atoms with van der Waals surface area (Å²) in [5.41, 5.74) is 1.80. The van der Waals surface area contributed by atoms with Crippen molar-refractivity contribution in [2.75, 3.05) is 11.9 Å². The molecule has 0 saturated heterocycles. The molecule has 0 aliphatic rings. The number of aryl methyl sites for hydroxylation is 1. The molecule has 18 heavy (non-hydrogen) atoms. The van der Waals surface area contributed by atoms with Crippen molar-refractivity contribution in [1.29, 1.82) is 0 Å². The maximum absolute atomic E-state index is 12.9. The zero-order chi connectivity index (χ0) is 13.0. The second-order valence-electron chi connectivity index (χ2n) is 3.96. The zero-order valence-corrected chi connectivity index (χ0v) is 10.6. The molecular weight excluding hydrogens is 229 g/mol. The monoisotopic (exact) mass is 245 g/mol. The third kappa shape index (κ3) is 2.83. The minimum Gasteiger partial charge on any atom is -0.370 e. The van der Waals surface area contributed by atoms with Crippen LogP contribution in [0.5, 0.6) is 0 Å². The van der Waals surface area contributed by atoms with Crippen molar-refractivity contribution in [1.82, 2.24) is 9.97 Å². The molecule has 1 aromatic heterocycles. The van der Waals surface area contributed by atoms with Crippen LogP contribution in [0.2, 0.25) is 0 Å². The van der Waals surface area contributed by atoms with E-state index in [9.17, 15) is 4.39 Å². The fourth-order valence-corrected chi connectivity index (χ4v) is 1.68. The predicted molar refractivity (Wildman–Crippen MR) is 71.0 cm³/mol. The first-order chi connectivity index (χ1) is 8.72.